The van der Waals surface area contributed by atoms with Crippen LogP contribution < -0.4 is 20.3 Å². The van der Waals surface area contributed by atoms with E-state index in [0.29, 0.717) is 33.8 Å². The van der Waals surface area contributed by atoms with E-state index in [-0.39, 0.29) is 43.1 Å². The molecule has 162 valence electrons. The number of allylic oxidation sites excluding steroid dienone is 1. The highest BCUT2D eigenvalue weighted by atomic mass is 16.6. The van der Waals surface area contributed by atoms with E-state index in [4.69, 9.17) is 19.5 Å². The molecule has 0 amide bonds. The van der Waals surface area contributed by atoms with Crippen LogP contribution in [0.1, 0.15) is 41.5 Å². The molecular formula is C23H20N4O5. The van der Waals surface area contributed by atoms with E-state index in [1.165, 1.54) is 0 Å². The number of pyridine rings is 1. The van der Waals surface area contributed by atoms with Gasteiger partial charge in [-0.05, 0) is 25.5 Å². The number of H-pyrrole nitrogens is 1. The Labute approximate surface area is 183 Å². The average molecular weight is 432 g/mol. The number of ether oxygens (including phenoxy) is 3. The van der Waals surface area contributed by atoms with Crippen LogP contribution >= 0.6 is 0 Å². The fraction of sp³-hybridized carbons (Fsp3) is 0.304. The van der Waals surface area contributed by atoms with Crippen LogP contribution in [0.5, 0.6) is 11.5 Å². The number of esters is 1. The summed E-state index contributed by atoms with van der Waals surface area (Å²) in [6, 6.07) is 7.27. The maximum Gasteiger partial charge on any atom is 0.336 e. The number of aryl methyl sites for hydroxylation is 1. The molecule has 2 N–H and O–H groups in total. The van der Waals surface area contributed by atoms with Gasteiger partial charge < -0.3 is 24.5 Å². The molecule has 1 unspecified atom stereocenters. The van der Waals surface area contributed by atoms with Gasteiger partial charge >= 0.3 is 5.97 Å². The topological polar surface area (TPSA) is 137 Å². The number of benzene rings is 1. The van der Waals surface area contributed by atoms with Crippen molar-refractivity contribution in [2.75, 3.05) is 25.1 Å². The molecule has 2 aliphatic rings. The Morgan fingerprint density at radius 1 is 1.22 bits per heavy atom. The van der Waals surface area contributed by atoms with E-state index in [2.05, 4.69) is 16.4 Å². The number of nitriles is 2. The lowest BCUT2D eigenvalue weighted by Gasteiger charge is -2.32. The van der Waals surface area contributed by atoms with Gasteiger partial charge in [-0.3, -0.25) is 4.79 Å². The van der Waals surface area contributed by atoms with Crippen LogP contribution in [0.15, 0.2) is 34.4 Å². The van der Waals surface area contributed by atoms with Crippen molar-refractivity contribution in [1.29, 1.82) is 10.5 Å². The van der Waals surface area contributed by atoms with E-state index in [9.17, 15) is 14.9 Å². The van der Waals surface area contributed by atoms with Crippen molar-refractivity contribution in [3.8, 4) is 23.6 Å². The van der Waals surface area contributed by atoms with Gasteiger partial charge in [0.2, 0.25) is 0 Å². The lowest BCUT2D eigenvalue weighted by molar-refractivity contribution is -0.139. The first-order valence-electron chi connectivity index (χ1n) is 10.0. The van der Waals surface area contributed by atoms with Crippen molar-refractivity contribution in [3.05, 3.63) is 62.2 Å². The quantitative estimate of drug-likeness (QED) is 0.556. The van der Waals surface area contributed by atoms with Crippen molar-refractivity contribution in [2.24, 2.45) is 0 Å². The van der Waals surface area contributed by atoms with Crippen LogP contribution in [0.2, 0.25) is 0 Å². The number of fused-ring (bicyclic) bond motifs is 2. The summed E-state index contributed by atoms with van der Waals surface area (Å²) in [5.74, 6) is -0.858. The maximum absolute atomic E-state index is 13.1. The van der Waals surface area contributed by atoms with E-state index in [0.717, 1.165) is 5.56 Å². The van der Waals surface area contributed by atoms with Gasteiger partial charge in [0.25, 0.3) is 5.56 Å². The first-order valence-corrected chi connectivity index (χ1v) is 10.0. The normalized spacial score (nSPS) is 16.3. The van der Waals surface area contributed by atoms with Crippen LogP contribution in [0.4, 0.5) is 5.69 Å². The number of aromatic amines is 1. The number of aromatic nitrogens is 1. The smallest absolute Gasteiger partial charge is 0.336 e. The second-order valence-electron chi connectivity index (χ2n) is 7.40. The fourth-order valence-corrected chi connectivity index (χ4v) is 4.03. The standard InChI is InChI=1S/C23H20N4O5/c1-12-11-26-22(28)18-17(15-5-4-14(10-25)20-21(15)31-9-8-30-20)16(13(2)27-19(12)18)23(29)32-7-3-6-24/h4-5,11,17,27H,3,7-9H2,1-2H3,(H,26,28). The number of nitrogens with one attached hydrogen (secondary N) is 2. The van der Waals surface area contributed by atoms with Crippen molar-refractivity contribution in [2.45, 2.75) is 26.2 Å². The van der Waals surface area contributed by atoms with Crippen LogP contribution in [0.25, 0.3) is 0 Å². The van der Waals surface area contributed by atoms with Crippen molar-refractivity contribution in [3.63, 3.8) is 0 Å². The molecular weight excluding hydrogens is 412 g/mol. The third kappa shape index (κ3) is 3.44. The Kier molecular flexibility index (Phi) is 5.57. The van der Waals surface area contributed by atoms with Gasteiger partial charge in [-0.2, -0.15) is 10.5 Å². The zero-order valence-electron chi connectivity index (χ0n) is 17.6. The Balaban J connectivity index is 1.96. The third-order valence-corrected chi connectivity index (χ3v) is 5.44. The van der Waals surface area contributed by atoms with E-state index in [1.54, 1.807) is 25.3 Å². The number of carbonyl (C=O) groups excluding carboxylic acids is 1. The summed E-state index contributed by atoms with van der Waals surface area (Å²) in [5, 5.41) is 21.4. The molecule has 2 aliphatic heterocycles. The minimum atomic E-state index is -0.826. The second-order valence-corrected chi connectivity index (χ2v) is 7.40. The molecule has 4 rings (SSSR count). The Hall–Kier alpha value is -4.24. The van der Waals surface area contributed by atoms with Crippen molar-refractivity contribution in [1.82, 2.24) is 4.98 Å². The zero-order valence-corrected chi connectivity index (χ0v) is 17.6. The first kappa shape index (κ1) is 21.0. The number of hydrogen-bond acceptors (Lipinski definition) is 8. The van der Waals surface area contributed by atoms with Crippen molar-refractivity contribution >= 4 is 11.7 Å². The third-order valence-electron chi connectivity index (χ3n) is 5.44. The van der Waals surface area contributed by atoms with Crippen molar-refractivity contribution < 1.29 is 19.0 Å². The summed E-state index contributed by atoms with van der Waals surface area (Å²) in [6.45, 7) is 4.05. The van der Waals surface area contributed by atoms with E-state index < -0.39 is 11.9 Å². The summed E-state index contributed by atoms with van der Waals surface area (Å²) in [4.78, 5) is 28.8. The highest BCUT2D eigenvalue weighted by Crippen LogP contribution is 2.48. The van der Waals surface area contributed by atoms with Crippen LogP contribution in [-0.4, -0.2) is 30.8 Å². The molecule has 0 radical (unpaired) electrons. The minimum Gasteiger partial charge on any atom is -0.486 e. The lowest BCUT2D eigenvalue weighted by atomic mass is 9.79. The number of rotatable bonds is 4. The molecule has 32 heavy (non-hydrogen) atoms. The second kappa shape index (κ2) is 8.48. The summed E-state index contributed by atoms with van der Waals surface area (Å²) in [6.07, 6.45) is 1.65. The predicted molar refractivity (Wildman–Crippen MR) is 113 cm³/mol. The molecule has 2 aromatic rings. The molecule has 0 saturated carbocycles. The Morgan fingerprint density at radius 2 is 1.97 bits per heavy atom. The molecule has 1 aromatic heterocycles. The van der Waals surface area contributed by atoms with Gasteiger partial charge in [0.15, 0.2) is 11.5 Å². The number of anilines is 1. The maximum atomic E-state index is 13.1. The SMILES string of the molecule is CC1=C(C(=O)OCCC#N)C(c2ccc(C#N)c3c2OCCO3)c2c(c(C)c[nH]c2=O)N1. The minimum absolute atomic E-state index is 0.0512. The molecule has 9 heteroatoms. The molecule has 1 atom stereocenters. The molecule has 1 aromatic carbocycles. The van der Waals surface area contributed by atoms with E-state index >= 15 is 0 Å². The van der Waals surface area contributed by atoms with Gasteiger partial charge in [-0.15, -0.1) is 0 Å². The molecule has 3 heterocycles. The van der Waals surface area contributed by atoms with Gasteiger partial charge in [0.05, 0.1) is 40.8 Å². The van der Waals surface area contributed by atoms with E-state index in [1.807, 2.05) is 13.0 Å². The summed E-state index contributed by atoms with van der Waals surface area (Å²) in [5.41, 5.74) is 2.93. The Morgan fingerprint density at radius 3 is 2.69 bits per heavy atom. The summed E-state index contributed by atoms with van der Waals surface area (Å²) >= 11 is 0. The predicted octanol–water partition coefficient (Wildman–Crippen LogP) is 2.61. The molecule has 0 aliphatic carbocycles. The zero-order chi connectivity index (χ0) is 22.8. The number of carbonyl (C=O) groups is 1. The van der Waals surface area contributed by atoms with Crippen LogP contribution in [0, 0.1) is 29.6 Å². The molecule has 0 saturated heterocycles. The number of hydrogen-bond donors (Lipinski definition) is 2. The monoisotopic (exact) mass is 432 g/mol. The first-order chi connectivity index (χ1) is 15.5. The molecule has 9 nitrogen and oxygen atoms in total. The highest BCUT2D eigenvalue weighted by Gasteiger charge is 2.39. The average Bonchev–Trinajstić information content (AvgIpc) is 2.80. The van der Waals surface area contributed by atoms with Crippen LogP contribution in [-0.2, 0) is 9.53 Å². The van der Waals surface area contributed by atoms with Crippen LogP contribution in [0.3, 0.4) is 0 Å². The van der Waals surface area contributed by atoms with Gasteiger partial charge in [-0.1, -0.05) is 6.07 Å². The van der Waals surface area contributed by atoms with Gasteiger partial charge in [0, 0.05) is 17.5 Å². The lowest BCUT2D eigenvalue weighted by Crippen LogP contribution is -2.31. The fourth-order valence-electron chi connectivity index (χ4n) is 4.03. The van der Waals surface area contributed by atoms with Gasteiger partial charge in [0.1, 0.15) is 25.9 Å². The largest absolute Gasteiger partial charge is 0.486 e. The molecule has 0 bridgehead atoms. The van der Waals surface area contributed by atoms with Gasteiger partial charge in [-0.25, -0.2) is 4.79 Å². The summed E-state index contributed by atoms with van der Waals surface area (Å²) in [7, 11) is 0. The molecule has 0 spiro atoms. The highest BCUT2D eigenvalue weighted by molar-refractivity contribution is 5.95. The summed E-state index contributed by atoms with van der Waals surface area (Å²) < 4.78 is 16.9. The Bertz CT molecular complexity index is 1280. The number of nitrogens with zero attached hydrogens (tertiary/aromatic N) is 2. The molecule has 0 fully saturated rings.